The number of hydrogen-bond donors (Lipinski definition) is 2. The van der Waals surface area contributed by atoms with Gasteiger partial charge in [0.05, 0.1) is 6.61 Å². The summed E-state index contributed by atoms with van der Waals surface area (Å²) < 4.78 is 18.9. The third-order valence-corrected chi connectivity index (χ3v) is 6.25. The molecule has 2 atom stereocenters. The first-order valence-electron chi connectivity index (χ1n) is 11.0. The molecule has 0 saturated heterocycles. The predicted octanol–water partition coefficient (Wildman–Crippen LogP) is 5.58. The molecule has 3 rings (SSSR count). The number of ether oxygens (including phenoxy) is 1. The Bertz CT molecular complexity index is 910. The third-order valence-electron chi connectivity index (χ3n) is 5.75. The van der Waals surface area contributed by atoms with Crippen LogP contribution in [-0.2, 0) is 14.3 Å². The second kappa shape index (κ2) is 14.1. The fraction of sp³-hybridized carbons (Fsp3) is 0.458. The van der Waals surface area contributed by atoms with Crippen molar-refractivity contribution in [2.45, 2.75) is 44.9 Å². The van der Waals surface area contributed by atoms with E-state index in [4.69, 9.17) is 28.9 Å². The highest BCUT2D eigenvalue weighted by Gasteiger charge is 2.37. The summed E-state index contributed by atoms with van der Waals surface area (Å²) in [5.41, 5.74) is 7.02. The molecular weight excluding hydrogens is 468 g/mol. The summed E-state index contributed by atoms with van der Waals surface area (Å²) in [7, 11) is 0. The van der Waals surface area contributed by atoms with Crippen molar-refractivity contribution in [2.24, 2.45) is 17.6 Å². The van der Waals surface area contributed by atoms with Crippen molar-refractivity contribution in [3.8, 4) is 0 Å². The van der Waals surface area contributed by atoms with Gasteiger partial charge >= 0.3 is 0 Å². The van der Waals surface area contributed by atoms with Crippen molar-refractivity contribution in [3.05, 3.63) is 58.1 Å². The standard InChI is InChI=1S/C21H24Cl2FN3O.C3H6O2/c22-14-7-4-8-15(11-14)27-21(28)18(13-5-2-1-3-6-13)17(12-25)16-9-10-26-20(23)19(16)24;1-2-5-3-4/h4,7-11,13,17-18H,1-3,5-6,12,25H2,(H,27,28);3H,2H2,1H3. The van der Waals surface area contributed by atoms with Gasteiger partial charge in [-0.15, -0.1) is 0 Å². The maximum absolute atomic E-state index is 14.7. The monoisotopic (exact) mass is 497 g/mol. The van der Waals surface area contributed by atoms with E-state index in [1.54, 1.807) is 37.3 Å². The van der Waals surface area contributed by atoms with Gasteiger partial charge in [-0.3, -0.25) is 9.59 Å². The number of amides is 1. The number of anilines is 1. The lowest BCUT2D eigenvalue weighted by atomic mass is 9.71. The molecule has 6 nitrogen and oxygen atoms in total. The van der Waals surface area contributed by atoms with Crippen molar-refractivity contribution in [2.75, 3.05) is 18.5 Å². The van der Waals surface area contributed by atoms with Gasteiger partial charge in [-0.25, -0.2) is 9.37 Å². The van der Waals surface area contributed by atoms with E-state index in [-0.39, 0.29) is 23.5 Å². The molecular formula is C24H30Cl2FN3O3. The molecule has 9 heteroatoms. The summed E-state index contributed by atoms with van der Waals surface area (Å²) in [6.07, 6.45) is 6.57. The fourth-order valence-corrected chi connectivity index (χ4v) is 4.62. The zero-order valence-corrected chi connectivity index (χ0v) is 20.1. The molecule has 1 aromatic heterocycles. The summed E-state index contributed by atoms with van der Waals surface area (Å²) in [6, 6.07) is 8.56. The molecule has 2 unspecified atom stereocenters. The number of hydrogen-bond acceptors (Lipinski definition) is 5. The number of nitrogens with two attached hydrogens (primary N) is 1. The molecule has 0 bridgehead atoms. The maximum Gasteiger partial charge on any atom is 0.293 e. The summed E-state index contributed by atoms with van der Waals surface area (Å²) in [5.74, 6) is -1.58. The van der Waals surface area contributed by atoms with Crippen molar-refractivity contribution in [1.82, 2.24) is 4.98 Å². The zero-order valence-electron chi connectivity index (χ0n) is 18.6. The van der Waals surface area contributed by atoms with Crippen LogP contribution in [0.2, 0.25) is 10.2 Å². The molecule has 0 radical (unpaired) electrons. The highest BCUT2D eigenvalue weighted by molar-refractivity contribution is 6.31. The lowest BCUT2D eigenvalue weighted by Gasteiger charge is -2.35. The Morgan fingerprint density at radius 1 is 1.30 bits per heavy atom. The second-order valence-corrected chi connectivity index (χ2v) is 8.62. The zero-order chi connectivity index (χ0) is 24.2. The van der Waals surface area contributed by atoms with Gasteiger partial charge in [0, 0.05) is 35.3 Å². The molecule has 1 aliphatic rings. The normalized spacial score (nSPS) is 15.5. The predicted molar refractivity (Wildman–Crippen MR) is 129 cm³/mol. The molecule has 0 spiro atoms. The van der Waals surface area contributed by atoms with Crippen LogP contribution in [0.3, 0.4) is 0 Å². The van der Waals surface area contributed by atoms with Crippen molar-refractivity contribution >= 4 is 41.3 Å². The van der Waals surface area contributed by atoms with E-state index in [2.05, 4.69) is 15.0 Å². The average molecular weight is 498 g/mol. The quantitative estimate of drug-likeness (QED) is 0.366. The molecule has 180 valence electrons. The molecule has 1 amide bonds. The topological polar surface area (TPSA) is 94.3 Å². The van der Waals surface area contributed by atoms with Gasteiger partial charge in [0.2, 0.25) is 5.91 Å². The molecule has 3 N–H and O–H groups in total. The van der Waals surface area contributed by atoms with Crippen LogP contribution in [0.5, 0.6) is 0 Å². The largest absolute Gasteiger partial charge is 0.468 e. The van der Waals surface area contributed by atoms with Crippen LogP contribution < -0.4 is 11.1 Å². The Balaban J connectivity index is 0.000000696. The Hall–Kier alpha value is -2.22. The Labute approximate surface area is 204 Å². The molecule has 1 heterocycles. The highest BCUT2D eigenvalue weighted by atomic mass is 35.5. The first kappa shape index (κ1) is 27.0. The van der Waals surface area contributed by atoms with E-state index < -0.39 is 17.7 Å². The maximum atomic E-state index is 14.7. The fourth-order valence-electron chi connectivity index (χ4n) is 4.26. The minimum Gasteiger partial charge on any atom is -0.468 e. The van der Waals surface area contributed by atoms with Gasteiger partial charge in [0.25, 0.3) is 6.47 Å². The second-order valence-electron chi connectivity index (χ2n) is 7.82. The number of pyridine rings is 1. The first-order valence-corrected chi connectivity index (χ1v) is 11.8. The molecule has 2 aromatic rings. The third kappa shape index (κ3) is 7.95. The van der Waals surface area contributed by atoms with Crippen LogP contribution in [0, 0.1) is 17.7 Å². The summed E-state index contributed by atoms with van der Waals surface area (Å²) in [4.78, 5) is 26.3. The highest BCUT2D eigenvalue weighted by Crippen LogP contribution is 2.40. The van der Waals surface area contributed by atoms with E-state index in [1.165, 1.54) is 6.20 Å². The Morgan fingerprint density at radius 2 is 2.03 bits per heavy atom. The van der Waals surface area contributed by atoms with Crippen LogP contribution in [0.15, 0.2) is 36.5 Å². The molecule has 1 fully saturated rings. The molecule has 1 aromatic carbocycles. The SMILES string of the molecule is CCOC=O.NCC(c1ccnc(Cl)c1F)C(C(=O)Nc1cccc(Cl)c1)C1CCCCC1. The van der Waals surface area contributed by atoms with Crippen LogP contribution in [0.25, 0.3) is 0 Å². The molecule has 1 saturated carbocycles. The van der Waals surface area contributed by atoms with E-state index in [0.29, 0.717) is 29.4 Å². The van der Waals surface area contributed by atoms with Crippen molar-refractivity contribution < 1.29 is 18.7 Å². The average Bonchev–Trinajstić information content (AvgIpc) is 2.81. The smallest absolute Gasteiger partial charge is 0.293 e. The minimum atomic E-state index is -0.601. The first-order chi connectivity index (χ1) is 15.9. The summed E-state index contributed by atoms with van der Waals surface area (Å²) in [6.45, 7) is 2.80. The number of halogens is 3. The van der Waals surface area contributed by atoms with Crippen molar-refractivity contribution in [1.29, 1.82) is 0 Å². The van der Waals surface area contributed by atoms with Crippen LogP contribution in [-0.4, -0.2) is 30.5 Å². The van der Waals surface area contributed by atoms with E-state index in [0.717, 1.165) is 32.1 Å². The number of carbonyl (C=O) groups excluding carboxylic acids is 2. The summed E-state index contributed by atoms with van der Waals surface area (Å²) in [5, 5.41) is 3.28. The number of nitrogens with zero attached hydrogens (tertiary/aromatic N) is 1. The van der Waals surface area contributed by atoms with Gasteiger partial charge in [-0.2, -0.15) is 0 Å². The molecule has 1 aliphatic carbocycles. The van der Waals surface area contributed by atoms with Gasteiger partial charge in [-0.05, 0) is 55.5 Å². The van der Waals surface area contributed by atoms with Crippen LogP contribution in [0.4, 0.5) is 10.1 Å². The van der Waals surface area contributed by atoms with E-state index >= 15 is 0 Å². The van der Waals surface area contributed by atoms with E-state index in [9.17, 15) is 14.0 Å². The van der Waals surface area contributed by atoms with Crippen LogP contribution >= 0.6 is 23.2 Å². The van der Waals surface area contributed by atoms with Gasteiger partial charge in [0.15, 0.2) is 11.0 Å². The number of rotatable bonds is 8. The lowest BCUT2D eigenvalue weighted by molar-refractivity contribution is -0.128. The number of aromatic nitrogens is 1. The van der Waals surface area contributed by atoms with Gasteiger partial charge in [-0.1, -0.05) is 48.5 Å². The minimum absolute atomic E-state index is 0.132. The van der Waals surface area contributed by atoms with Gasteiger partial charge in [0.1, 0.15) is 0 Å². The summed E-state index contributed by atoms with van der Waals surface area (Å²) >= 11 is 11.9. The lowest BCUT2D eigenvalue weighted by Crippen LogP contribution is -2.38. The van der Waals surface area contributed by atoms with Gasteiger partial charge < -0.3 is 15.8 Å². The van der Waals surface area contributed by atoms with Crippen LogP contribution in [0.1, 0.15) is 50.5 Å². The Kier molecular flexibility index (Phi) is 11.6. The number of nitrogens with one attached hydrogen (secondary N) is 1. The molecule has 33 heavy (non-hydrogen) atoms. The van der Waals surface area contributed by atoms with Crippen molar-refractivity contribution in [3.63, 3.8) is 0 Å². The number of carbonyl (C=O) groups is 2. The number of benzene rings is 1. The van der Waals surface area contributed by atoms with E-state index in [1.807, 2.05) is 0 Å². The Morgan fingerprint density at radius 3 is 2.61 bits per heavy atom. The molecule has 0 aliphatic heterocycles.